The molecule has 4 nitrogen and oxygen atoms in total. The molecule has 1 aromatic rings. The van der Waals surface area contributed by atoms with Gasteiger partial charge in [0.15, 0.2) is 0 Å². The molecule has 0 fully saturated rings. The van der Waals surface area contributed by atoms with Crippen molar-refractivity contribution in [1.29, 1.82) is 0 Å². The van der Waals surface area contributed by atoms with Crippen LogP contribution in [0.5, 0.6) is 0 Å². The molecule has 0 aliphatic rings. The van der Waals surface area contributed by atoms with Crippen molar-refractivity contribution in [3.63, 3.8) is 0 Å². The van der Waals surface area contributed by atoms with Gasteiger partial charge in [-0.2, -0.15) is 0 Å². The Hall–Kier alpha value is -1.13. The molecule has 0 unspecified atom stereocenters. The fourth-order valence-electron chi connectivity index (χ4n) is 1.58. The van der Waals surface area contributed by atoms with Crippen LogP contribution in [0.1, 0.15) is 38.3 Å². The number of carbonyl (C=O) groups is 1. The Morgan fingerprint density at radius 2 is 2.25 bits per heavy atom. The maximum atomic E-state index is 11.2. The zero-order chi connectivity index (χ0) is 11.8. The molecule has 0 N–H and O–H groups in total. The Kier molecular flexibility index (Phi) is 5.82. The van der Waals surface area contributed by atoms with Crippen LogP contribution in [-0.2, 0) is 11.3 Å². The number of nitrogens with zero attached hydrogens (tertiary/aromatic N) is 3. The number of aryl methyl sites for hydroxylation is 2. The summed E-state index contributed by atoms with van der Waals surface area (Å²) in [6.07, 6.45) is 6.57. The lowest BCUT2D eigenvalue weighted by Crippen LogP contribution is -2.07. The normalized spacial score (nSPS) is 10.4. The molecule has 5 heteroatoms. The van der Waals surface area contributed by atoms with Gasteiger partial charge in [-0.3, -0.25) is 4.68 Å². The van der Waals surface area contributed by atoms with Crippen LogP contribution in [0.3, 0.4) is 0 Å². The molecule has 1 aromatic heterocycles. The predicted molar refractivity (Wildman–Crippen MR) is 64.5 cm³/mol. The van der Waals surface area contributed by atoms with E-state index in [9.17, 15) is 4.79 Å². The molecule has 1 heterocycles. The van der Waals surface area contributed by atoms with Crippen molar-refractivity contribution < 1.29 is 4.79 Å². The van der Waals surface area contributed by atoms with Gasteiger partial charge < -0.3 is 4.79 Å². The van der Waals surface area contributed by atoms with Gasteiger partial charge in [-0.1, -0.05) is 24.9 Å². The first-order valence-corrected chi connectivity index (χ1v) is 5.95. The van der Waals surface area contributed by atoms with Crippen molar-refractivity contribution in [3.05, 3.63) is 11.9 Å². The highest BCUT2D eigenvalue weighted by Crippen LogP contribution is 2.03. The van der Waals surface area contributed by atoms with E-state index in [1.165, 1.54) is 0 Å². The van der Waals surface area contributed by atoms with Crippen LogP contribution in [0.25, 0.3) is 0 Å². The van der Waals surface area contributed by atoms with E-state index < -0.39 is 0 Å². The summed E-state index contributed by atoms with van der Waals surface area (Å²) in [5, 5.41) is 7.89. The minimum Gasteiger partial charge on any atom is -0.312 e. The van der Waals surface area contributed by atoms with E-state index in [0.717, 1.165) is 37.8 Å². The number of rotatable bonds is 8. The van der Waals surface area contributed by atoms with Gasteiger partial charge in [-0.05, 0) is 26.2 Å². The molecular formula is C11H19BN3O. The van der Waals surface area contributed by atoms with Gasteiger partial charge >= 0.3 is 0 Å². The van der Waals surface area contributed by atoms with E-state index in [0.29, 0.717) is 6.42 Å². The monoisotopic (exact) mass is 220 g/mol. The first-order valence-electron chi connectivity index (χ1n) is 5.95. The van der Waals surface area contributed by atoms with E-state index in [1.807, 2.05) is 24.7 Å². The van der Waals surface area contributed by atoms with Gasteiger partial charge in [0, 0.05) is 12.7 Å². The smallest absolute Gasteiger partial charge is 0.202 e. The van der Waals surface area contributed by atoms with Crippen LogP contribution < -0.4 is 0 Å². The Labute approximate surface area is 97.7 Å². The largest absolute Gasteiger partial charge is 0.312 e. The third kappa shape index (κ3) is 5.10. The number of aromatic nitrogens is 3. The average molecular weight is 220 g/mol. The van der Waals surface area contributed by atoms with Crippen LogP contribution >= 0.6 is 0 Å². The molecule has 0 saturated carbocycles. The minimum atomic E-state index is 0.277. The molecule has 0 atom stereocenters. The summed E-state index contributed by atoms with van der Waals surface area (Å²) in [6, 6.07) is 0. The number of carbonyl (C=O) groups excluding carboxylic acids is 1. The maximum Gasteiger partial charge on any atom is 0.202 e. The summed E-state index contributed by atoms with van der Waals surface area (Å²) in [4.78, 5) is 11.2. The zero-order valence-corrected chi connectivity index (χ0v) is 10.1. The van der Waals surface area contributed by atoms with E-state index in [1.54, 1.807) is 7.28 Å². The van der Waals surface area contributed by atoms with E-state index >= 15 is 0 Å². The van der Waals surface area contributed by atoms with Crippen molar-refractivity contribution in [2.24, 2.45) is 0 Å². The molecule has 1 radical (unpaired) electrons. The molecule has 0 spiro atoms. The van der Waals surface area contributed by atoms with Crippen LogP contribution in [-0.4, -0.2) is 28.0 Å². The molecule has 1 rings (SSSR count). The second kappa shape index (κ2) is 7.20. The highest BCUT2D eigenvalue weighted by atomic mass is 16.1. The first-order chi connectivity index (χ1) is 7.72. The highest BCUT2D eigenvalue weighted by molar-refractivity contribution is 6.73. The quantitative estimate of drug-likeness (QED) is 0.495. The topological polar surface area (TPSA) is 47.8 Å². The molecule has 0 bridgehead atoms. The zero-order valence-electron chi connectivity index (χ0n) is 10.1. The second-order valence-corrected chi connectivity index (χ2v) is 4.01. The first kappa shape index (κ1) is 12.9. The van der Waals surface area contributed by atoms with Gasteiger partial charge in [0.05, 0.1) is 11.4 Å². The highest BCUT2D eigenvalue weighted by Gasteiger charge is 2.01. The number of unbranched alkanes of at least 4 members (excludes halogenated alkanes) is 2. The van der Waals surface area contributed by atoms with Crippen LogP contribution in [0.2, 0.25) is 6.32 Å². The molecule has 0 aliphatic carbocycles. The van der Waals surface area contributed by atoms with Crippen molar-refractivity contribution in [2.45, 2.75) is 52.4 Å². The van der Waals surface area contributed by atoms with Gasteiger partial charge in [0.25, 0.3) is 0 Å². The minimum absolute atomic E-state index is 0.277. The van der Waals surface area contributed by atoms with E-state index in [-0.39, 0.29) is 5.68 Å². The van der Waals surface area contributed by atoms with E-state index in [4.69, 9.17) is 0 Å². The Morgan fingerprint density at radius 3 is 2.88 bits per heavy atom. The molecule has 0 saturated heterocycles. The predicted octanol–water partition coefficient (Wildman–Crippen LogP) is 1.82. The van der Waals surface area contributed by atoms with Gasteiger partial charge in [0.2, 0.25) is 7.28 Å². The third-order valence-electron chi connectivity index (χ3n) is 2.40. The number of hydrogen-bond acceptors (Lipinski definition) is 3. The summed E-state index contributed by atoms with van der Waals surface area (Å²) >= 11 is 0. The third-order valence-corrected chi connectivity index (χ3v) is 2.40. The fourth-order valence-corrected chi connectivity index (χ4v) is 1.58. The van der Waals surface area contributed by atoms with E-state index in [2.05, 4.69) is 10.3 Å². The SMILES string of the molecule is CC[B]C(=O)CCCCCn1cc(C)nn1. The van der Waals surface area contributed by atoms with Gasteiger partial charge in [0.1, 0.15) is 0 Å². The summed E-state index contributed by atoms with van der Waals surface area (Å²) in [5.74, 6) is 0. The summed E-state index contributed by atoms with van der Waals surface area (Å²) in [5.41, 5.74) is 1.23. The van der Waals surface area contributed by atoms with Crippen molar-refractivity contribution >= 4 is 13.0 Å². The Morgan fingerprint density at radius 1 is 1.44 bits per heavy atom. The fraction of sp³-hybridized carbons (Fsp3) is 0.727. The second-order valence-electron chi connectivity index (χ2n) is 4.01. The number of hydrogen-bond donors (Lipinski definition) is 0. The Bertz CT molecular complexity index is 325. The van der Waals surface area contributed by atoms with Crippen molar-refractivity contribution in [1.82, 2.24) is 15.0 Å². The van der Waals surface area contributed by atoms with Gasteiger partial charge in [-0.25, -0.2) is 0 Å². The van der Waals surface area contributed by atoms with Crippen LogP contribution in [0.15, 0.2) is 6.20 Å². The van der Waals surface area contributed by atoms with Crippen LogP contribution in [0.4, 0.5) is 0 Å². The maximum absolute atomic E-state index is 11.2. The molecule has 0 amide bonds. The molecule has 0 aromatic carbocycles. The lowest BCUT2D eigenvalue weighted by molar-refractivity contribution is -0.112. The lowest BCUT2D eigenvalue weighted by Gasteiger charge is -2.00. The summed E-state index contributed by atoms with van der Waals surface area (Å²) in [7, 11) is 1.76. The van der Waals surface area contributed by atoms with Gasteiger partial charge in [-0.15, -0.1) is 5.10 Å². The molecule has 87 valence electrons. The Balaban J connectivity index is 2.02. The standard InChI is InChI=1S/C11H19BN3O/c1-3-12-11(16)7-5-4-6-8-15-9-10(2)13-14-15/h9H,3-8H2,1-2H3. The van der Waals surface area contributed by atoms with Crippen LogP contribution in [0, 0.1) is 6.92 Å². The van der Waals surface area contributed by atoms with Crippen molar-refractivity contribution in [2.75, 3.05) is 0 Å². The average Bonchev–Trinajstić information content (AvgIpc) is 2.64. The summed E-state index contributed by atoms with van der Waals surface area (Å²) < 4.78 is 1.86. The molecule has 16 heavy (non-hydrogen) atoms. The lowest BCUT2D eigenvalue weighted by atomic mass is 9.69. The molecule has 0 aliphatic heterocycles. The summed E-state index contributed by atoms with van der Waals surface area (Å²) in [6.45, 7) is 4.82. The van der Waals surface area contributed by atoms with Crippen molar-refractivity contribution in [3.8, 4) is 0 Å². The molecular weight excluding hydrogens is 201 g/mol.